The van der Waals surface area contributed by atoms with Crippen molar-refractivity contribution in [1.29, 1.82) is 0 Å². The van der Waals surface area contributed by atoms with E-state index in [4.69, 9.17) is 0 Å². The topological polar surface area (TPSA) is 12.0 Å². The highest BCUT2D eigenvalue weighted by Gasteiger charge is 2.08. The van der Waals surface area contributed by atoms with E-state index in [1.54, 1.807) is 0 Å². The summed E-state index contributed by atoms with van der Waals surface area (Å²) < 4.78 is 0. The Morgan fingerprint density at radius 2 is 1.86 bits per heavy atom. The molecule has 2 aromatic heterocycles. The zero-order chi connectivity index (χ0) is 14.7. The molecule has 1 unspecified atom stereocenters. The number of aryl methyl sites for hydroxylation is 1. The molecule has 108 valence electrons. The van der Waals surface area contributed by atoms with Crippen molar-refractivity contribution in [3.63, 3.8) is 0 Å². The summed E-state index contributed by atoms with van der Waals surface area (Å²) in [6, 6.07) is 17.7. The Balaban J connectivity index is 1.63. The van der Waals surface area contributed by atoms with Gasteiger partial charge in [-0.1, -0.05) is 30.3 Å². The number of benzene rings is 1. The Hall–Kier alpha value is -1.42. The Kier molecular flexibility index (Phi) is 4.54. The first-order valence-corrected chi connectivity index (χ1v) is 8.84. The molecule has 1 N–H and O–H groups in total. The first kappa shape index (κ1) is 14.5. The number of nitrogens with one attached hydrogen (secondary N) is 1. The van der Waals surface area contributed by atoms with E-state index < -0.39 is 0 Å². The van der Waals surface area contributed by atoms with Gasteiger partial charge in [0.05, 0.1) is 0 Å². The lowest BCUT2D eigenvalue weighted by Gasteiger charge is -2.10. The number of rotatable bonds is 5. The maximum atomic E-state index is 3.61. The van der Waals surface area contributed by atoms with Crippen molar-refractivity contribution in [1.82, 2.24) is 5.32 Å². The molecule has 0 spiro atoms. The summed E-state index contributed by atoms with van der Waals surface area (Å²) in [4.78, 5) is 4.17. The molecule has 0 bridgehead atoms. The number of hydrogen-bond donors (Lipinski definition) is 1. The fraction of sp³-hybridized carbons (Fsp3) is 0.222. The van der Waals surface area contributed by atoms with Crippen molar-refractivity contribution in [3.05, 3.63) is 68.5 Å². The Labute approximate surface area is 134 Å². The molecular formula is C18H19NS2. The minimum atomic E-state index is 0.408. The van der Waals surface area contributed by atoms with Gasteiger partial charge in [-0.15, -0.1) is 22.7 Å². The molecule has 0 aliphatic heterocycles. The summed E-state index contributed by atoms with van der Waals surface area (Å²) in [6.07, 6.45) is 0. The van der Waals surface area contributed by atoms with Crippen LogP contribution in [0.25, 0.3) is 11.1 Å². The molecule has 2 heterocycles. The Morgan fingerprint density at radius 1 is 1.05 bits per heavy atom. The highest BCUT2D eigenvalue weighted by molar-refractivity contribution is 7.12. The van der Waals surface area contributed by atoms with Crippen LogP contribution in [-0.2, 0) is 6.54 Å². The van der Waals surface area contributed by atoms with E-state index in [-0.39, 0.29) is 0 Å². The first-order chi connectivity index (χ1) is 10.2. The van der Waals surface area contributed by atoms with Gasteiger partial charge in [-0.05, 0) is 48.6 Å². The minimum absolute atomic E-state index is 0.408. The number of hydrogen-bond acceptors (Lipinski definition) is 3. The minimum Gasteiger partial charge on any atom is -0.305 e. The van der Waals surface area contributed by atoms with Crippen LogP contribution in [0.2, 0.25) is 0 Å². The standard InChI is InChI=1S/C18H19NS2/c1-13-8-9-18(21-13)14(2)19-11-17-10-16(12-20-17)15-6-4-3-5-7-15/h3-10,12,14,19H,11H2,1-2H3. The summed E-state index contributed by atoms with van der Waals surface area (Å²) in [5.41, 5.74) is 2.61. The molecule has 3 rings (SSSR count). The van der Waals surface area contributed by atoms with Crippen LogP contribution in [0.4, 0.5) is 0 Å². The maximum absolute atomic E-state index is 3.61. The zero-order valence-electron chi connectivity index (χ0n) is 12.3. The summed E-state index contributed by atoms with van der Waals surface area (Å²) in [6.45, 7) is 5.32. The second-order valence-electron chi connectivity index (χ2n) is 5.22. The molecule has 1 atom stereocenters. The van der Waals surface area contributed by atoms with E-state index >= 15 is 0 Å². The second-order valence-corrected chi connectivity index (χ2v) is 7.53. The summed E-state index contributed by atoms with van der Waals surface area (Å²) in [5, 5.41) is 5.86. The van der Waals surface area contributed by atoms with Crippen LogP contribution in [0.5, 0.6) is 0 Å². The van der Waals surface area contributed by atoms with Crippen LogP contribution in [0, 0.1) is 6.92 Å². The molecule has 0 aliphatic rings. The molecule has 21 heavy (non-hydrogen) atoms. The quantitative estimate of drug-likeness (QED) is 0.643. The van der Waals surface area contributed by atoms with Gasteiger partial charge >= 0.3 is 0 Å². The van der Waals surface area contributed by atoms with Crippen LogP contribution < -0.4 is 5.32 Å². The zero-order valence-corrected chi connectivity index (χ0v) is 13.9. The third-order valence-electron chi connectivity index (χ3n) is 3.53. The molecule has 0 aliphatic carbocycles. The van der Waals surface area contributed by atoms with Gasteiger partial charge in [0.15, 0.2) is 0 Å². The van der Waals surface area contributed by atoms with Gasteiger partial charge in [-0.3, -0.25) is 0 Å². The molecule has 0 amide bonds. The molecule has 0 fully saturated rings. The molecule has 0 saturated heterocycles. The summed E-state index contributed by atoms with van der Waals surface area (Å²) in [5.74, 6) is 0. The van der Waals surface area contributed by atoms with E-state index in [1.807, 2.05) is 22.7 Å². The van der Waals surface area contributed by atoms with Crippen LogP contribution in [0.1, 0.15) is 27.6 Å². The highest BCUT2D eigenvalue weighted by Crippen LogP contribution is 2.27. The van der Waals surface area contributed by atoms with Crippen LogP contribution in [0.3, 0.4) is 0 Å². The highest BCUT2D eigenvalue weighted by atomic mass is 32.1. The lowest BCUT2D eigenvalue weighted by molar-refractivity contribution is 0.587. The average Bonchev–Trinajstić information content (AvgIpc) is 3.15. The third kappa shape index (κ3) is 3.62. The first-order valence-electron chi connectivity index (χ1n) is 7.15. The van der Waals surface area contributed by atoms with Gasteiger partial charge in [0.25, 0.3) is 0 Å². The van der Waals surface area contributed by atoms with Crippen LogP contribution in [-0.4, -0.2) is 0 Å². The van der Waals surface area contributed by atoms with E-state index in [0.29, 0.717) is 6.04 Å². The molecule has 3 aromatic rings. The second kappa shape index (κ2) is 6.56. The smallest absolute Gasteiger partial charge is 0.0389 e. The van der Waals surface area contributed by atoms with Crippen LogP contribution in [0.15, 0.2) is 53.9 Å². The molecule has 1 aromatic carbocycles. The average molecular weight is 313 g/mol. The third-order valence-corrected chi connectivity index (χ3v) is 5.65. The maximum Gasteiger partial charge on any atom is 0.0389 e. The largest absolute Gasteiger partial charge is 0.305 e. The van der Waals surface area contributed by atoms with Crippen molar-refractivity contribution in [3.8, 4) is 11.1 Å². The Bertz CT molecular complexity index is 697. The van der Waals surface area contributed by atoms with E-state index in [9.17, 15) is 0 Å². The van der Waals surface area contributed by atoms with Gasteiger partial charge < -0.3 is 5.32 Å². The predicted molar refractivity (Wildman–Crippen MR) is 94.1 cm³/mol. The van der Waals surface area contributed by atoms with Crippen molar-refractivity contribution in [2.45, 2.75) is 26.4 Å². The van der Waals surface area contributed by atoms with Gasteiger partial charge in [-0.2, -0.15) is 0 Å². The Morgan fingerprint density at radius 3 is 2.57 bits per heavy atom. The van der Waals surface area contributed by atoms with Gasteiger partial charge in [0.1, 0.15) is 0 Å². The molecular weight excluding hydrogens is 294 g/mol. The van der Waals surface area contributed by atoms with Gasteiger partial charge in [-0.25, -0.2) is 0 Å². The summed E-state index contributed by atoms with van der Waals surface area (Å²) in [7, 11) is 0. The van der Waals surface area contributed by atoms with E-state index in [2.05, 4.69) is 73.1 Å². The normalized spacial score (nSPS) is 12.5. The molecule has 3 heteroatoms. The summed E-state index contributed by atoms with van der Waals surface area (Å²) >= 11 is 3.70. The van der Waals surface area contributed by atoms with Crippen molar-refractivity contribution < 1.29 is 0 Å². The van der Waals surface area contributed by atoms with Crippen molar-refractivity contribution in [2.75, 3.05) is 0 Å². The number of thiophene rings is 2. The SMILES string of the molecule is Cc1ccc(C(C)NCc2cc(-c3ccccc3)cs2)s1. The molecule has 0 radical (unpaired) electrons. The monoisotopic (exact) mass is 313 g/mol. The van der Waals surface area contributed by atoms with Crippen molar-refractivity contribution >= 4 is 22.7 Å². The lowest BCUT2D eigenvalue weighted by atomic mass is 10.1. The lowest BCUT2D eigenvalue weighted by Crippen LogP contribution is -2.16. The molecule has 1 nitrogen and oxygen atoms in total. The fourth-order valence-electron chi connectivity index (χ4n) is 2.30. The predicted octanol–water partition coefficient (Wildman–Crippen LogP) is 5.64. The van der Waals surface area contributed by atoms with Crippen molar-refractivity contribution in [2.24, 2.45) is 0 Å². The van der Waals surface area contributed by atoms with Crippen LogP contribution >= 0.6 is 22.7 Å². The van der Waals surface area contributed by atoms with E-state index in [1.165, 1.54) is 25.8 Å². The van der Waals surface area contributed by atoms with Gasteiger partial charge in [0.2, 0.25) is 0 Å². The fourth-order valence-corrected chi connectivity index (χ4v) is 4.04. The molecule has 0 saturated carbocycles. The van der Waals surface area contributed by atoms with E-state index in [0.717, 1.165) is 6.54 Å². The van der Waals surface area contributed by atoms with Gasteiger partial charge in [0, 0.05) is 27.2 Å².